The fraction of sp³-hybridized carbons (Fsp3) is 0.250. The molecule has 4 aromatic heterocycles. The summed E-state index contributed by atoms with van der Waals surface area (Å²) < 4.78 is 21.7. The highest BCUT2D eigenvalue weighted by atomic mass is 19.1. The third-order valence-electron chi connectivity index (χ3n) is 5.46. The van der Waals surface area contributed by atoms with E-state index in [2.05, 4.69) is 35.5 Å². The fourth-order valence-corrected chi connectivity index (χ4v) is 3.56. The van der Waals surface area contributed by atoms with E-state index in [0.717, 1.165) is 11.1 Å². The van der Waals surface area contributed by atoms with E-state index in [0.29, 0.717) is 33.9 Å². The van der Waals surface area contributed by atoms with Crippen molar-refractivity contribution in [1.82, 2.24) is 40.2 Å². The van der Waals surface area contributed by atoms with Crippen molar-refractivity contribution in [2.75, 3.05) is 0 Å². The van der Waals surface area contributed by atoms with Crippen LogP contribution < -0.4 is 5.32 Å². The normalized spacial score (nSPS) is 11.8. The molecule has 0 aliphatic heterocycles. The van der Waals surface area contributed by atoms with E-state index >= 15 is 0 Å². The minimum absolute atomic E-state index is 0.0286. The summed E-state index contributed by atoms with van der Waals surface area (Å²) in [6, 6.07) is 6.63. The van der Waals surface area contributed by atoms with Crippen LogP contribution in [0.2, 0.25) is 0 Å². The van der Waals surface area contributed by atoms with Crippen LogP contribution in [-0.2, 0) is 19.0 Å². The van der Waals surface area contributed by atoms with Gasteiger partial charge in [-0.2, -0.15) is 10.1 Å². The van der Waals surface area contributed by atoms with Crippen LogP contribution in [-0.4, -0.2) is 40.8 Å². The van der Waals surface area contributed by atoms with Crippen molar-refractivity contribution in [3.63, 3.8) is 0 Å². The van der Waals surface area contributed by atoms with E-state index in [1.54, 1.807) is 35.3 Å². The van der Waals surface area contributed by atoms with Crippen LogP contribution in [0, 0.1) is 5.82 Å². The molecule has 35 heavy (non-hydrogen) atoms. The van der Waals surface area contributed by atoms with Gasteiger partial charge in [-0.05, 0) is 17.7 Å². The maximum Gasteiger partial charge on any atom is 0.315 e. The monoisotopic (exact) mass is 474 g/mol. The molecule has 0 radical (unpaired) electrons. The number of nitrogens with zero attached hydrogens (tertiary/aromatic N) is 6. The smallest absolute Gasteiger partial charge is 0.315 e. The number of rotatable bonds is 5. The van der Waals surface area contributed by atoms with Gasteiger partial charge in [-0.15, -0.1) is 0 Å². The van der Waals surface area contributed by atoms with Crippen LogP contribution in [0.25, 0.3) is 33.7 Å². The van der Waals surface area contributed by atoms with Crippen molar-refractivity contribution in [1.29, 1.82) is 0 Å². The first kappa shape index (κ1) is 22.4. The van der Waals surface area contributed by atoms with Gasteiger partial charge in [0.05, 0.1) is 17.3 Å². The Morgan fingerprint density at radius 2 is 2.03 bits per heavy atom. The Balaban J connectivity index is 1.36. The quantitative estimate of drug-likeness (QED) is 0.397. The maximum absolute atomic E-state index is 15.0. The molecule has 0 fully saturated rings. The van der Waals surface area contributed by atoms with Gasteiger partial charge in [-0.1, -0.05) is 38.1 Å². The van der Waals surface area contributed by atoms with E-state index in [1.165, 1.54) is 6.07 Å². The molecule has 1 amide bonds. The number of pyridine rings is 1. The number of carbonyl (C=O) groups is 1. The lowest BCUT2D eigenvalue weighted by atomic mass is 9.96. The van der Waals surface area contributed by atoms with Crippen LogP contribution in [0.3, 0.4) is 0 Å². The molecule has 0 aliphatic rings. The highest BCUT2D eigenvalue weighted by Crippen LogP contribution is 2.29. The van der Waals surface area contributed by atoms with Crippen LogP contribution in [0.5, 0.6) is 0 Å². The zero-order valence-corrected chi connectivity index (χ0v) is 19.6. The molecule has 0 atom stereocenters. The Morgan fingerprint density at radius 3 is 2.71 bits per heavy atom. The van der Waals surface area contributed by atoms with Gasteiger partial charge < -0.3 is 14.8 Å². The number of aryl methyl sites for hydroxylation is 1. The molecule has 0 aliphatic carbocycles. The number of hydrogen-bond acceptors (Lipinski definition) is 7. The van der Waals surface area contributed by atoms with Gasteiger partial charge in [0, 0.05) is 42.5 Å². The van der Waals surface area contributed by atoms with Crippen molar-refractivity contribution in [3.8, 4) is 22.5 Å². The van der Waals surface area contributed by atoms with E-state index < -0.39 is 11.7 Å². The molecule has 0 spiro atoms. The Labute approximate surface area is 199 Å². The van der Waals surface area contributed by atoms with Gasteiger partial charge in [0.2, 0.25) is 0 Å². The third kappa shape index (κ3) is 4.39. The van der Waals surface area contributed by atoms with Crippen molar-refractivity contribution >= 4 is 17.1 Å². The molecule has 10 nitrogen and oxygen atoms in total. The molecule has 4 heterocycles. The SMILES string of the molecule is Cn1cc(-c2nc3nccc(-c4ccc(CNC(=O)c5nc(C(C)(C)C)no5)c(F)c4)c3[nH]2)cn1. The molecular formula is C24H23FN8O2. The number of aromatic amines is 1. The molecule has 11 heteroatoms. The zero-order valence-electron chi connectivity index (χ0n) is 19.6. The van der Waals surface area contributed by atoms with E-state index in [1.807, 2.05) is 34.0 Å². The number of fused-ring (bicyclic) bond motifs is 1. The van der Waals surface area contributed by atoms with Gasteiger partial charge in [-0.3, -0.25) is 9.48 Å². The van der Waals surface area contributed by atoms with Gasteiger partial charge in [0.1, 0.15) is 11.6 Å². The molecule has 5 aromatic rings. The first-order valence-corrected chi connectivity index (χ1v) is 10.9. The minimum atomic E-state index is -0.562. The van der Waals surface area contributed by atoms with Crippen LogP contribution in [0.1, 0.15) is 42.8 Å². The summed E-state index contributed by atoms with van der Waals surface area (Å²) in [5.41, 5.74) is 3.42. The van der Waals surface area contributed by atoms with Crippen molar-refractivity contribution in [2.24, 2.45) is 7.05 Å². The molecule has 0 unspecified atom stereocenters. The lowest BCUT2D eigenvalue weighted by Gasteiger charge is -2.10. The summed E-state index contributed by atoms with van der Waals surface area (Å²) in [5.74, 6) is -0.126. The number of aromatic nitrogens is 7. The summed E-state index contributed by atoms with van der Waals surface area (Å²) in [6.07, 6.45) is 5.19. The number of carbonyl (C=O) groups excluding carboxylic acids is 1. The van der Waals surface area contributed by atoms with Crippen LogP contribution >= 0.6 is 0 Å². The number of halogens is 1. The molecule has 0 saturated carbocycles. The maximum atomic E-state index is 15.0. The number of amides is 1. The molecule has 1 aromatic carbocycles. The topological polar surface area (TPSA) is 127 Å². The average molecular weight is 475 g/mol. The second-order valence-electron chi connectivity index (χ2n) is 9.21. The summed E-state index contributed by atoms with van der Waals surface area (Å²) in [7, 11) is 1.83. The van der Waals surface area contributed by atoms with Gasteiger partial charge in [0.15, 0.2) is 11.5 Å². The molecule has 5 rings (SSSR count). The predicted octanol–water partition coefficient (Wildman–Crippen LogP) is 3.78. The molecular weight excluding hydrogens is 451 g/mol. The molecule has 0 bridgehead atoms. The highest BCUT2D eigenvalue weighted by Gasteiger charge is 2.24. The van der Waals surface area contributed by atoms with Gasteiger partial charge in [-0.25, -0.2) is 14.4 Å². The Bertz CT molecular complexity index is 1540. The van der Waals surface area contributed by atoms with Crippen molar-refractivity contribution in [2.45, 2.75) is 32.7 Å². The number of imidazole rings is 1. The minimum Gasteiger partial charge on any atom is -0.344 e. The standard InChI is InChI=1S/C24H23FN8O2/c1-24(2,3)23-31-22(35-32-23)21(34)27-10-14-6-5-13(9-17(14)25)16-7-8-26-20-18(16)29-19(30-20)15-11-28-33(4)12-15/h5-9,11-12H,10H2,1-4H3,(H,27,34)(H,26,29,30). The molecule has 2 N–H and O–H groups in total. The Morgan fingerprint density at radius 1 is 1.20 bits per heavy atom. The second kappa shape index (κ2) is 8.42. The number of nitrogens with one attached hydrogen (secondary N) is 2. The third-order valence-corrected chi connectivity index (χ3v) is 5.46. The zero-order chi connectivity index (χ0) is 24.7. The second-order valence-corrected chi connectivity index (χ2v) is 9.21. The van der Waals surface area contributed by atoms with Gasteiger partial charge in [0.25, 0.3) is 0 Å². The van der Waals surface area contributed by atoms with Crippen LogP contribution in [0.15, 0.2) is 47.4 Å². The highest BCUT2D eigenvalue weighted by molar-refractivity contribution is 5.91. The van der Waals surface area contributed by atoms with Crippen molar-refractivity contribution in [3.05, 3.63) is 66.0 Å². The first-order valence-electron chi connectivity index (χ1n) is 10.9. The summed E-state index contributed by atoms with van der Waals surface area (Å²) in [5, 5.41) is 10.6. The number of benzene rings is 1. The summed E-state index contributed by atoms with van der Waals surface area (Å²) >= 11 is 0. The first-order chi connectivity index (χ1) is 16.7. The molecule has 0 saturated heterocycles. The van der Waals surface area contributed by atoms with E-state index in [-0.39, 0.29) is 17.9 Å². The Hall–Kier alpha value is -4.41. The van der Waals surface area contributed by atoms with Crippen LogP contribution in [0.4, 0.5) is 4.39 Å². The van der Waals surface area contributed by atoms with E-state index in [4.69, 9.17) is 4.52 Å². The van der Waals surface area contributed by atoms with Gasteiger partial charge >= 0.3 is 11.8 Å². The molecule has 178 valence electrons. The summed E-state index contributed by atoms with van der Waals surface area (Å²) in [6.45, 7) is 5.71. The average Bonchev–Trinajstić information content (AvgIpc) is 3.56. The van der Waals surface area contributed by atoms with Crippen molar-refractivity contribution < 1.29 is 13.7 Å². The number of H-pyrrole nitrogens is 1. The van der Waals surface area contributed by atoms with E-state index in [9.17, 15) is 9.18 Å². The lowest BCUT2D eigenvalue weighted by Crippen LogP contribution is -2.24. The fourth-order valence-electron chi connectivity index (χ4n) is 3.56. The summed E-state index contributed by atoms with van der Waals surface area (Å²) in [4.78, 5) is 28.6. The lowest BCUT2D eigenvalue weighted by molar-refractivity contribution is 0.0906. The predicted molar refractivity (Wildman–Crippen MR) is 126 cm³/mol. The largest absolute Gasteiger partial charge is 0.344 e. The number of hydrogen-bond donors (Lipinski definition) is 2. The Kier molecular flexibility index (Phi) is 5.39.